The monoisotopic (exact) mass is 437 g/mol. The molecule has 0 unspecified atom stereocenters. The van der Waals surface area contributed by atoms with Crippen molar-refractivity contribution in [1.82, 2.24) is 10.3 Å². The second-order valence-corrected chi connectivity index (χ2v) is 7.05. The number of oxazole rings is 1. The minimum absolute atomic E-state index is 0.124. The Hall–Kier alpha value is -3.65. The Morgan fingerprint density at radius 1 is 0.969 bits per heavy atom. The molecule has 3 aromatic rings. The van der Waals surface area contributed by atoms with E-state index in [1.54, 1.807) is 20.1 Å². The molecule has 0 aliphatic rings. The van der Waals surface area contributed by atoms with E-state index in [1.807, 2.05) is 48.5 Å². The third-order valence-electron chi connectivity index (χ3n) is 4.65. The van der Waals surface area contributed by atoms with Gasteiger partial charge in [-0.25, -0.2) is 4.98 Å². The molecule has 8 heteroatoms. The second kappa shape index (κ2) is 11.7. The number of nitrogens with zero attached hydrogens (tertiary/aromatic N) is 1. The van der Waals surface area contributed by atoms with Crippen LogP contribution in [-0.2, 0) is 20.9 Å². The van der Waals surface area contributed by atoms with Gasteiger partial charge in [0.2, 0.25) is 17.7 Å². The molecule has 2 aromatic carbocycles. The number of benzene rings is 2. The summed E-state index contributed by atoms with van der Waals surface area (Å²) in [6.45, 7) is 2.67. The van der Waals surface area contributed by atoms with E-state index in [9.17, 15) is 9.59 Å². The van der Waals surface area contributed by atoms with E-state index in [2.05, 4.69) is 15.6 Å². The van der Waals surface area contributed by atoms with Crippen LogP contribution in [0.2, 0.25) is 0 Å². The number of methoxy groups -OCH3 is 1. The highest BCUT2D eigenvalue weighted by Crippen LogP contribution is 2.29. The van der Waals surface area contributed by atoms with Crippen molar-refractivity contribution >= 4 is 17.5 Å². The summed E-state index contributed by atoms with van der Waals surface area (Å²) in [6, 6.07) is 16.6. The summed E-state index contributed by atoms with van der Waals surface area (Å²) in [5, 5.41) is 5.69. The number of nitrogens with one attached hydrogen (secondary N) is 2. The first-order chi connectivity index (χ1) is 15.6. The molecule has 2 N–H and O–H groups in total. The maximum atomic E-state index is 12.4. The van der Waals surface area contributed by atoms with Gasteiger partial charge in [-0.2, -0.15) is 0 Å². The number of carbonyl (C=O) groups is 2. The Morgan fingerprint density at radius 2 is 1.69 bits per heavy atom. The summed E-state index contributed by atoms with van der Waals surface area (Å²) in [7, 11) is 1.55. The number of aromatic nitrogens is 1. The number of aryl methyl sites for hydroxylation is 1. The van der Waals surface area contributed by atoms with Gasteiger partial charge in [0, 0.05) is 13.5 Å². The van der Waals surface area contributed by atoms with Crippen LogP contribution in [0.1, 0.15) is 24.3 Å². The fourth-order valence-corrected chi connectivity index (χ4v) is 2.94. The summed E-state index contributed by atoms with van der Waals surface area (Å²) in [4.78, 5) is 28.7. The van der Waals surface area contributed by atoms with E-state index in [1.165, 1.54) is 0 Å². The van der Waals surface area contributed by atoms with Gasteiger partial charge < -0.3 is 24.5 Å². The van der Waals surface area contributed by atoms with Crippen LogP contribution in [0.4, 0.5) is 5.69 Å². The Kier molecular flexibility index (Phi) is 8.39. The average Bonchev–Trinajstić information content (AvgIpc) is 3.17. The minimum atomic E-state index is -0.178. The summed E-state index contributed by atoms with van der Waals surface area (Å²) < 4.78 is 16.3. The molecule has 0 bridgehead atoms. The normalized spacial score (nSPS) is 10.6. The molecule has 0 radical (unpaired) electrons. The van der Waals surface area contributed by atoms with Crippen molar-refractivity contribution in [2.24, 2.45) is 0 Å². The molecule has 3 rings (SSSR count). The molecule has 0 saturated carbocycles. The Morgan fingerprint density at radius 3 is 2.47 bits per heavy atom. The highest BCUT2D eigenvalue weighted by Gasteiger charge is 2.16. The average molecular weight is 437 g/mol. The topological polar surface area (TPSA) is 103 Å². The van der Waals surface area contributed by atoms with Crippen LogP contribution in [0.25, 0.3) is 11.5 Å². The van der Waals surface area contributed by atoms with Crippen LogP contribution >= 0.6 is 0 Å². The molecule has 1 heterocycles. The lowest BCUT2D eigenvalue weighted by molar-refractivity contribution is -0.122. The fourth-order valence-electron chi connectivity index (χ4n) is 2.94. The lowest BCUT2D eigenvalue weighted by Gasteiger charge is -2.09. The molecule has 0 aliphatic carbocycles. The lowest BCUT2D eigenvalue weighted by Crippen LogP contribution is -2.24. The first kappa shape index (κ1) is 23.0. The number of hydrogen-bond acceptors (Lipinski definition) is 6. The van der Waals surface area contributed by atoms with Gasteiger partial charge in [-0.05, 0) is 31.2 Å². The first-order valence-corrected chi connectivity index (χ1v) is 10.4. The summed E-state index contributed by atoms with van der Waals surface area (Å²) >= 11 is 0. The number of ether oxygens (including phenoxy) is 2. The van der Waals surface area contributed by atoms with E-state index in [0.717, 1.165) is 5.75 Å². The van der Waals surface area contributed by atoms with Crippen molar-refractivity contribution in [2.45, 2.75) is 26.3 Å². The van der Waals surface area contributed by atoms with Crippen molar-refractivity contribution < 1.29 is 23.5 Å². The predicted molar refractivity (Wildman–Crippen MR) is 120 cm³/mol. The number of rotatable bonds is 11. The van der Waals surface area contributed by atoms with Gasteiger partial charge in [-0.15, -0.1) is 0 Å². The minimum Gasteiger partial charge on any atom is -0.493 e. The third-order valence-corrected chi connectivity index (χ3v) is 4.65. The largest absolute Gasteiger partial charge is 0.493 e. The van der Waals surface area contributed by atoms with Crippen LogP contribution < -0.4 is 15.4 Å². The number of carbonyl (C=O) groups excluding carboxylic acids is 2. The van der Waals surface area contributed by atoms with Crippen LogP contribution in [0.15, 0.2) is 59.0 Å². The van der Waals surface area contributed by atoms with E-state index in [-0.39, 0.29) is 37.8 Å². The van der Waals surface area contributed by atoms with E-state index in [0.29, 0.717) is 35.2 Å². The summed E-state index contributed by atoms with van der Waals surface area (Å²) in [5.41, 5.74) is 1.88. The summed E-state index contributed by atoms with van der Waals surface area (Å²) in [6.07, 6.45) is 0.482. The molecule has 1 aromatic heterocycles. The van der Waals surface area contributed by atoms with E-state index in [4.69, 9.17) is 13.9 Å². The molecule has 168 valence electrons. The number of anilines is 1. The highest BCUT2D eigenvalue weighted by atomic mass is 16.5. The summed E-state index contributed by atoms with van der Waals surface area (Å²) in [5.74, 6) is 1.39. The highest BCUT2D eigenvalue weighted by molar-refractivity contribution is 5.94. The molecular weight excluding hydrogens is 410 g/mol. The zero-order chi connectivity index (χ0) is 22.8. The van der Waals surface area contributed by atoms with Crippen LogP contribution in [0.5, 0.6) is 5.75 Å². The van der Waals surface area contributed by atoms with Crippen molar-refractivity contribution in [2.75, 3.05) is 25.6 Å². The maximum Gasteiger partial charge on any atom is 0.228 e. The van der Waals surface area contributed by atoms with E-state index < -0.39 is 0 Å². The van der Waals surface area contributed by atoms with Crippen LogP contribution in [0.3, 0.4) is 0 Å². The number of amides is 2. The zero-order valence-corrected chi connectivity index (χ0v) is 18.2. The fraction of sp³-hybridized carbons (Fsp3) is 0.292. The lowest BCUT2D eigenvalue weighted by atomic mass is 10.1. The van der Waals surface area contributed by atoms with Crippen LogP contribution in [-0.4, -0.2) is 37.1 Å². The molecule has 8 nitrogen and oxygen atoms in total. The molecule has 2 amide bonds. The SMILES string of the molecule is COCCC(=O)NCc1nc(-c2ccccc2NC(=O)CCOc2ccccc2)oc1C. The zero-order valence-electron chi connectivity index (χ0n) is 18.2. The van der Waals surface area contributed by atoms with Gasteiger partial charge in [0.1, 0.15) is 17.2 Å². The Labute approximate surface area is 186 Å². The Balaban J connectivity index is 1.61. The standard InChI is InChI=1S/C24H27N3O5/c1-17-21(16-25-22(28)12-14-30-2)27-24(32-17)19-10-6-7-11-20(19)26-23(29)13-15-31-18-8-4-3-5-9-18/h3-11H,12-16H2,1-2H3,(H,25,28)(H,26,29). The predicted octanol–water partition coefficient (Wildman–Crippen LogP) is 3.71. The first-order valence-electron chi connectivity index (χ1n) is 10.4. The number of para-hydroxylation sites is 2. The molecule has 0 aliphatic heterocycles. The second-order valence-electron chi connectivity index (χ2n) is 7.05. The quantitative estimate of drug-likeness (QED) is 0.474. The number of hydrogen-bond donors (Lipinski definition) is 2. The van der Waals surface area contributed by atoms with Gasteiger partial charge in [0.15, 0.2) is 0 Å². The van der Waals surface area contributed by atoms with Gasteiger partial charge in [-0.3, -0.25) is 9.59 Å². The molecule has 0 saturated heterocycles. The third kappa shape index (κ3) is 6.68. The van der Waals surface area contributed by atoms with E-state index >= 15 is 0 Å². The van der Waals surface area contributed by atoms with Crippen molar-refractivity contribution in [3.63, 3.8) is 0 Å². The molecule has 0 atom stereocenters. The molecule has 0 fully saturated rings. The van der Waals surface area contributed by atoms with Crippen molar-refractivity contribution in [1.29, 1.82) is 0 Å². The van der Waals surface area contributed by atoms with Crippen molar-refractivity contribution in [3.8, 4) is 17.2 Å². The Bertz CT molecular complexity index is 1030. The van der Waals surface area contributed by atoms with Gasteiger partial charge >= 0.3 is 0 Å². The van der Waals surface area contributed by atoms with Gasteiger partial charge in [0.05, 0.1) is 37.4 Å². The molecule has 32 heavy (non-hydrogen) atoms. The van der Waals surface area contributed by atoms with Crippen LogP contribution in [0, 0.1) is 6.92 Å². The van der Waals surface area contributed by atoms with Gasteiger partial charge in [0.25, 0.3) is 0 Å². The maximum absolute atomic E-state index is 12.4. The van der Waals surface area contributed by atoms with Gasteiger partial charge in [-0.1, -0.05) is 30.3 Å². The molecular formula is C24H27N3O5. The van der Waals surface area contributed by atoms with Crippen molar-refractivity contribution in [3.05, 3.63) is 66.1 Å². The smallest absolute Gasteiger partial charge is 0.228 e. The molecule has 0 spiro atoms.